The lowest BCUT2D eigenvalue weighted by molar-refractivity contribution is 0.833. The first-order valence-corrected chi connectivity index (χ1v) is 6.04. The van der Waals surface area contributed by atoms with Crippen LogP contribution in [0, 0.1) is 4.64 Å². The van der Waals surface area contributed by atoms with E-state index in [1.807, 2.05) is 12.1 Å². The number of rotatable bonds is 2. The Morgan fingerprint density at radius 3 is 2.62 bits per heavy atom. The summed E-state index contributed by atoms with van der Waals surface area (Å²) in [4.78, 5) is 0. The van der Waals surface area contributed by atoms with Crippen molar-refractivity contribution in [3.05, 3.63) is 44.6 Å². The van der Waals surface area contributed by atoms with Gasteiger partial charge in [0.1, 0.15) is 4.64 Å². The van der Waals surface area contributed by atoms with Gasteiger partial charge in [-0.1, -0.05) is 42.3 Å². The molecule has 2 nitrogen and oxygen atoms in total. The largest absolute Gasteiger partial charge is 0.297 e. The monoisotopic (exact) mass is 272 g/mol. The topological polar surface area (TPSA) is 20.7 Å². The zero-order chi connectivity index (χ0) is 11.7. The number of hydrogen-bond donors (Lipinski definition) is 1. The van der Waals surface area contributed by atoms with Crippen LogP contribution >= 0.6 is 35.4 Å². The molecule has 5 heteroatoms. The third kappa shape index (κ3) is 2.17. The Morgan fingerprint density at radius 1 is 1.31 bits per heavy atom. The Hall–Kier alpha value is -0.770. The van der Waals surface area contributed by atoms with Crippen LogP contribution < -0.4 is 0 Å². The summed E-state index contributed by atoms with van der Waals surface area (Å²) in [7, 11) is 0. The average Bonchev–Trinajstić information content (AvgIpc) is 2.60. The van der Waals surface area contributed by atoms with E-state index >= 15 is 0 Å². The second kappa shape index (κ2) is 4.62. The first-order valence-electron chi connectivity index (χ1n) is 4.88. The van der Waals surface area contributed by atoms with Crippen LogP contribution in [0.2, 0.25) is 10.0 Å². The molecule has 84 valence electrons. The zero-order valence-electron chi connectivity index (χ0n) is 8.63. The molecule has 0 aliphatic carbocycles. The van der Waals surface area contributed by atoms with E-state index in [1.165, 1.54) is 0 Å². The molecule has 0 radical (unpaired) electrons. The molecule has 1 heterocycles. The first kappa shape index (κ1) is 11.7. The second-order valence-corrected chi connectivity index (χ2v) is 4.67. The van der Waals surface area contributed by atoms with E-state index in [4.69, 9.17) is 35.4 Å². The lowest BCUT2D eigenvalue weighted by Gasteiger charge is -2.05. The maximum Gasteiger partial charge on any atom is 0.128 e. The van der Waals surface area contributed by atoms with Gasteiger partial charge >= 0.3 is 0 Å². The number of nitrogens with one attached hydrogen (secondary N) is 1. The van der Waals surface area contributed by atoms with Gasteiger partial charge in [-0.05, 0) is 30.7 Å². The van der Waals surface area contributed by atoms with Crippen molar-refractivity contribution in [1.82, 2.24) is 9.78 Å². The van der Waals surface area contributed by atoms with Gasteiger partial charge in [0.2, 0.25) is 0 Å². The lowest BCUT2D eigenvalue weighted by atomic mass is 10.3. The van der Waals surface area contributed by atoms with E-state index in [0.717, 1.165) is 17.8 Å². The highest BCUT2D eigenvalue weighted by molar-refractivity contribution is 7.71. The summed E-state index contributed by atoms with van der Waals surface area (Å²) in [5.41, 5.74) is 1.90. The lowest BCUT2D eigenvalue weighted by Crippen LogP contribution is -1.98. The van der Waals surface area contributed by atoms with Crippen LogP contribution in [0.3, 0.4) is 0 Å². The normalized spacial score (nSPS) is 10.7. The van der Waals surface area contributed by atoms with Gasteiger partial charge in [-0.15, -0.1) is 0 Å². The van der Waals surface area contributed by atoms with E-state index in [1.54, 1.807) is 16.8 Å². The van der Waals surface area contributed by atoms with Crippen LogP contribution in [0.25, 0.3) is 5.69 Å². The van der Waals surface area contributed by atoms with Gasteiger partial charge in [0.15, 0.2) is 0 Å². The van der Waals surface area contributed by atoms with E-state index in [-0.39, 0.29) is 0 Å². The molecule has 0 bridgehead atoms. The summed E-state index contributed by atoms with van der Waals surface area (Å²) in [5, 5.41) is 4.38. The van der Waals surface area contributed by atoms with Crippen LogP contribution in [0.15, 0.2) is 24.3 Å². The fourth-order valence-corrected chi connectivity index (χ4v) is 2.25. The van der Waals surface area contributed by atoms with E-state index < -0.39 is 0 Å². The second-order valence-electron chi connectivity index (χ2n) is 3.40. The molecule has 0 unspecified atom stereocenters. The number of halogens is 2. The molecule has 0 fully saturated rings. The summed E-state index contributed by atoms with van der Waals surface area (Å²) in [6.07, 6.45) is 0.905. The number of aromatic nitrogens is 2. The Kier molecular flexibility index (Phi) is 3.38. The smallest absolute Gasteiger partial charge is 0.128 e. The number of aromatic amines is 1. The maximum absolute atomic E-state index is 6.12. The molecule has 0 saturated carbocycles. The summed E-state index contributed by atoms with van der Waals surface area (Å²) in [6, 6.07) is 7.26. The molecule has 2 aromatic rings. The third-order valence-corrected chi connectivity index (χ3v) is 3.14. The highest BCUT2D eigenvalue weighted by atomic mass is 35.5. The minimum atomic E-state index is 0.577. The summed E-state index contributed by atoms with van der Waals surface area (Å²) < 4.78 is 2.49. The van der Waals surface area contributed by atoms with Crippen LogP contribution in [0.4, 0.5) is 0 Å². The van der Waals surface area contributed by atoms with Crippen molar-refractivity contribution in [2.45, 2.75) is 13.3 Å². The summed E-state index contributed by atoms with van der Waals surface area (Å²) in [6.45, 7) is 2.06. The number of benzene rings is 1. The van der Waals surface area contributed by atoms with Gasteiger partial charge in [0.05, 0.1) is 10.7 Å². The Balaban J connectivity index is 2.58. The van der Waals surface area contributed by atoms with Crippen LogP contribution in [0.5, 0.6) is 0 Å². The molecule has 0 spiro atoms. The molecule has 1 aromatic carbocycles. The minimum absolute atomic E-state index is 0.577. The van der Waals surface area contributed by atoms with Crippen molar-refractivity contribution in [2.24, 2.45) is 0 Å². The van der Waals surface area contributed by atoms with Crippen LogP contribution in [-0.4, -0.2) is 9.78 Å². The van der Waals surface area contributed by atoms with E-state index in [0.29, 0.717) is 14.7 Å². The number of hydrogen-bond acceptors (Lipinski definition) is 1. The fraction of sp³-hybridized carbons (Fsp3) is 0.182. The highest BCUT2D eigenvalue weighted by Gasteiger charge is 2.06. The first-order chi connectivity index (χ1) is 7.61. The van der Waals surface area contributed by atoms with Crippen molar-refractivity contribution < 1.29 is 0 Å². The summed E-state index contributed by atoms with van der Waals surface area (Å²) in [5.74, 6) is 0. The van der Waals surface area contributed by atoms with Crippen molar-refractivity contribution in [1.29, 1.82) is 0 Å². The van der Waals surface area contributed by atoms with Crippen molar-refractivity contribution in [3.8, 4) is 5.69 Å². The maximum atomic E-state index is 6.12. The standard InChI is InChI=1S/C11H10Cl2N2S/c1-2-8-6-11(16)15(14-8)10-4-3-7(12)5-9(10)13/h3-6,14H,2H2,1H3. The molecule has 0 saturated heterocycles. The average molecular weight is 273 g/mol. The fourth-order valence-electron chi connectivity index (χ4n) is 1.47. The molecule has 16 heavy (non-hydrogen) atoms. The molecule has 0 atom stereocenters. The molecular formula is C11H10Cl2N2S. The van der Waals surface area contributed by atoms with Gasteiger partial charge < -0.3 is 0 Å². The predicted molar refractivity (Wildman–Crippen MR) is 70.4 cm³/mol. The van der Waals surface area contributed by atoms with E-state index in [9.17, 15) is 0 Å². The SMILES string of the molecule is CCc1cc(=S)n(-c2ccc(Cl)cc2Cl)[nH]1. The predicted octanol–water partition coefficient (Wildman–Crippen LogP) is 4.40. The zero-order valence-corrected chi connectivity index (χ0v) is 11.0. The molecule has 0 amide bonds. The van der Waals surface area contributed by atoms with Crippen LogP contribution in [-0.2, 0) is 6.42 Å². The van der Waals surface area contributed by atoms with Crippen molar-refractivity contribution in [2.75, 3.05) is 0 Å². The Bertz CT molecular complexity index is 572. The third-order valence-electron chi connectivity index (χ3n) is 2.31. The molecule has 2 rings (SSSR count). The molecular weight excluding hydrogens is 263 g/mol. The molecule has 1 aromatic heterocycles. The van der Waals surface area contributed by atoms with Crippen molar-refractivity contribution >= 4 is 35.4 Å². The molecule has 0 aliphatic heterocycles. The highest BCUT2D eigenvalue weighted by Crippen LogP contribution is 2.24. The Labute approximate surface area is 109 Å². The number of nitrogens with zero attached hydrogens (tertiary/aromatic N) is 1. The van der Waals surface area contributed by atoms with Gasteiger partial charge in [-0.25, -0.2) is 4.68 Å². The molecule has 1 N–H and O–H groups in total. The number of H-pyrrole nitrogens is 1. The Morgan fingerprint density at radius 2 is 2.06 bits per heavy atom. The van der Waals surface area contributed by atoms with Crippen LogP contribution in [0.1, 0.15) is 12.6 Å². The van der Waals surface area contributed by atoms with Gasteiger partial charge in [0.25, 0.3) is 0 Å². The van der Waals surface area contributed by atoms with E-state index in [2.05, 4.69) is 12.0 Å². The molecule has 0 aliphatic rings. The minimum Gasteiger partial charge on any atom is -0.297 e. The quantitative estimate of drug-likeness (QED) is 0.804. The number of aryl methyl sites for hydroxylation is 1. The summed E-state index contributed by atoms with van der Waals surface area (Å²) >= 11 is 17.2. The van der Waals surface area contributed by atoms with Gasteiger partial charge in [0, 0.05) is 10.7 Å². The van der Waals surface area contributed by atoms with Gasteiger partial charge in [-0.3, -0.25) is 5.10 Å². The van der Waals surface area contributed by atoms with Crippen molar-refractivity contribution in [3.63, 3.8) is 0 Å². The van der Waals surface area contributed by atoms with Gasteiger partial charge in [-0.2, -0.15) is 0 Å².